The largest absolute Gasteiger partial charge is 0.261 e. The monoisotopic (exact) mass is 132 g/mol. The Labute approximate surface area is 60.1 Å². The highest BCUT2D eigenvalue weighted by Gasteiger charge is 1.89. The van der Waals surface area contributed by atoms with Crippen LogP contribution in [0, 0.1) is 11.3 Å². The molecule has 0 aromatic carbocycles. The molecule has 1 aromatic rings. The highest BCUT2D eigenvalue weighted by atomic mass is 14.7. The van der Waals surface area contributed by atoms with Gasteiger partial charge >= 0.3 is 0 Å². The molecule has 0 bridgehead atoms. The van der Waals surface area contributed by atoms with Crippen molar-refractivity contribution in [2.24, 2.45) is 0 Å². The molecule has 0 aliphatic heterocycles. The Bertz CT molecular complexity index is 223. The highest BCUT2D eigenvalue weighted by Crippen LogP contribution is 1.96. The number of hydrogen-bond acceptors (Lipinski definition) is 2. The number of nitrogens with zero attached hydrogens (tertiary/aromatic N) is 2. The third-order valence-corrected chi connectivity index (χ3v) is 1.22. The predicted octanol–water partition coefficient (Wildman–Crippen LogP) is 1.54. The van der Waals surface area contributed by atoms with Crippen LogP contribution in [-0.2, 0) is 6.42 Å². The second-order valence-electron chi connectivity index (χ2n) is 1.98. The van der Waals surface area contributed by atoms with E-state index in [0.29, 0.717) is 6.42 Å². The molecule has 2 nitrogen and oxygen atoms in total. The van der Waals surface area contributed by atoms with Crippen molar-refractivity contribution < 1.29 is 0 Å². The smallest absolute Gasteiger partial charge is 0.0625 e. The molecule has 0 aliphatic rings. The fourth-order valence-electron chi connectivity index (χ4n) is 0.730. The van der Waals surface area contributed by atoms with Crippen LogP contribution in [0.1, 0.15) is 12.1 Å². The molecule has 0 saturated carbocycles. The summed E-state index contributed by atoms with van der Waals surface area (Å²) in [5.74, 6) is 0. The first-order chi connectivity index (χ1) is 4.93. The van der Waals surface area contributed by atoms with Crippen LogP contribution in [-0.4, -0.2) is 4.98 Å². The van der Waals surface area contributed by atoms with Crippen molar-refractivity contribution in [1.29, 1.82) is 5.26 Å². The summed E-state index contributed by atoms with van der Waals surface area (Å²) in [7, 11) is 0. The van der Waals surface area contributed by atoms with Crippen LogP contribution >= 0.6 is 0 Å². The Morgan fingerprint density at radius 2 is 2.40 bits per heavy atom. The second kappa shape index (κ2) is 3.62. The standard InChI is InChI=1S/C8H8N2/c9-6-3-5-8-4-1-2-7-10-8/h1-2,4,7H,3,5H2. The fourth-order valence-corrected chi connectivity index (χ4v) is 0.730. The van der Waals surface area contributed by atoms with Crippen LogP contribution < -0.4 is 0 Å². The SMILES string of the molecule is N#CCCc1ccccn1. The number of nitriles is 1. The molecule has 0 saturated heterocycles. The minimum atomic E-state index is 0.553. The lowest BCUT2D eigenvalue weighted by atomic mass is 10.2. The van der Waals surface area contributed by atoms with Gasteiger partial charge in [0.25, 0.3) is 0 Å². The second-order valence-corrected chi connectivity index (χ2v) is 1.98. The van der Waals surface area contributed by atoms with Gasteiger partial charge in [0.2, 0.25) is 0 Å². The molecule has 1 rings (SSSR count). The molecular formula is C8H8N2. The molecule has 0 atom stereocenters. The number of hydrogen-bond donors (Lipinski definition) is 0. The summed E-state index contributed by atoms with van der Waals surface area (Å²) < 4.78 is 0. The van der Waals surface area contributed by atoms with Gasteiger partial charge in [-0.3, -0.25) is 4.98 Å². The first kappa shape index (κ1) is 6.76. The number of aromatic nitrogens is 1. The maximum Gasteiger partial charge on any atom is 0.0625 e. The van der Waals surface area contributed by atoms with E-state index < -0.39 is 0 Å². The Morgan fingerprint density at radius 3 is 3.00 bits per heavy atom. The molecule has 0 fully saturated rings. The maximum atomic E-state index is 8.25. The van der Waals surface area contributed by atoms with E-state index in [-0.39, 0.29) is 0 Å². The van der Waals surface area contributed by atoms with Crippen molar-refractivity contribution >= 4 is 0 Å². The summed E-state index contributed by atoms with van der Waals surface area (Å²) in [5, 5.41) is 8.25. The molecule has 0 amide bonds. The summed E-state index contributed by atoms with van der Waals surface area (Å²) in [4.78, 5) is 4.07. The normalized spacial score (nSPS) is 8.70. The van der Waals surface area contributed by atoms with E-state index in [1.165, 1.54) is 0 Å². The van der Waals surface area contributed by atoms with Gasteiger partial charge in [0, 0.05) is 24.7 Å². The summed E-state index contributed by atoms with van der Waals surface area (Å²) in [6.45, 7) is 0. The van der Waals surface area contributed by atoms with Crippen molar-refractivity contribution in [3.63, 3.8) is 0 Å². The van der Waals surface area contributed by atoms with E-state index in [1.807, 2.05) is 18.2 Å². The van der Waals surface area contributed by atoms with Gasteiger partial charge in [-0.15, -0.1) is 0 Å². The van der Waals surface area contributed by atoms with Crippen LogP contribution in [0.4, 0.5) is 0 Å². The van der Waals surface area contributed by atoms with Crippen LogP contribution in [0.25, 0.3) is 0 Å². The Morgan fingerprint density at radius 1 is 1.50 bits per heavy atom. The van der Waals surface area contributed by atoms with Crippen molar-refractivity contribution in [2.45, 2.75) is 12.8 Å². The van der Waals surface area contributed by atoms with Gasteiger partial charge in [0.05, 0.1) is 6.07 Å². The van der Waals surface area contributed by atoms with E-state index in [9.17, 15) is 0 Å². The quantitative estimate of drug-likeness (QED) is 0.612. The Kier molecular flexibility index (Phi) is 2.45. The molecule has 0 spiro atoms. The van der Waals surface area contributed by atoms with Crippen LogP contribution in [0.3, 0.4) is 0 Å². The summed E-state index contributed by atoms with van der Waals surface area (Å²) >= 11 is 0. The molecule has 1 heterocycles. The van der Waals surface area contributed by atoms with Crippen LogP contribution in [0.5, 0.6) is 0 Å². The maximum absolute atomic E-state index is 8.25. The zero-order valence-corrected chi connectivity index (χ0v) is 5.62. The molecular weight excluding hydrogens is 124 g/mol. The van der Waals surface area contributed by atoms with E-state index in [2.05, 4.69) is 11.1 Å². The Hall–Kier alpha value is -1.36. The van der Waals surface area contributed by atoms with Gasteiger partial charge in [-0.2, -0.15) is 5.26 Å². The third-order valence-electron chi connectivity index (χ3n) is 1.22. The summed E-state index contributed by atoms with van der Waals surface area (Å²) in [5.41, 5.74) is 0.990. The molecule has 0 aliphatic carbocycles. The molecule has 1 aromatic heterocycles. The van der Waals surface area contributed by atoms with Gasteiger partial charge in [0.15, 0.2) is 0 Å². The molecule has 10 heavy (non-hydrogen) atoms. The third kappa shape index (κ3) is 1.87. The van der Waals surface area contributed by atoms with E-state index >= 15 is 0 Å². The van der Waals surface area contributed by atoms with Crippen molar-refractivity contribution in [2.75, 3.05) is 0 Å². The van der Waals surface area contributed by atoms with Crippen LogP contribution in [0.15, 0.2) is 24.4 Å². The van der Waals surface area contributed by atoms with E-state index in [1.54, 1.807) is 6.20 Å². The average molecular weight is 132 g/mol. The number of pyridine rings is 1. The van der Waals surface area contributed by atoms with E-state index in [4.69, 9.17) is 5.26 Å². The summed E-state index contributed by atoms with van der Waals surface area (Å²) in [6.07, 6.45) is 3.06. The molecule has 0 unspecified atom stereocenters. The zero-order valence-electron chi connectivity index (χ0n) is 5.62. The summed E-state index contributed by atoms with van der Waals surface area (Å²) in [6, 6.07) is 7.81. The van der Waals surface area contributed by atoms with Gasteiger partial charge in [-0.05, 0) is 12.1 Å². The fraction of sp³-hybridized carbons (Fsp3) is 0.250. The van der Waals surface area contributed by atoms with Crippen molar-refractivity contribution in [3.05, 3.63) is 30.1 Å². The molecule has 2 heteroatoms. The van der Waals surface area contributed by atoms with Gasteiger partial charge in [-0.1, -0.05) is 6.07 Å². The molecule has 0 N–H and O–H groups in total. The van der Waals surface area contributed by atoms with Gasteiger partial charge < -0.3 is 0 Å². The topological polar surface area (TPSA) is 36.7 Å². The average Bonchev–Trinajstić information content (AvgIpc) is 2.03. The van der Waals surface area contributed by atoms with Crippen molar-refractivity contribution in [1.82, 2.24) is 4.98 Å². The minimum Gasteiger partial charge on any atom is -0.261 e. The lowest BCUT2D eigenvalue weighted by Gasteiger charge is -1.91. The molecule has 0 radical (unpaired) electrons. The van der Waals surface area contributed by atoms with Gasteiger partial charge in [0.1, 0.15) is 0 Å². The zero-order chi connectivity index (χ0) is 7.23. The van der Waals surface area contributed by atoms with Crippen molar-refractivity contribution in [3.8, 4) is 6.07 Å². The van der Waals surface area contributed by atoms with Gasteiger partial charge in [-0.25, -0.2) is 0 Å². The molecule has 50 valence electrons. The highest BCUT2D eigenvalue weighted by molar-refractivity contribution is 5.04. The minimum absolute atomic E-state index is 0.553. The lowest BCUT2D eigenvalue weighted by molar-refractivity contribution is 0.952. The first-order valence-corrected chi connectivity index (χ1v) is 3.20. The first-order valence-electron chi connectivity index (χ1n) is 3.20. The number of aryl methyl sites for hydroxylation is 1. The predicted molar refractivity (Wildman–Crippen MR) is 38.2 cm³/mol. The van der Waals surface area contributed by atoms with E-state index in [0.717, 1.165) is 12.1 Å². The number of rotatable bonds is 2. The lowest BCUT2D eigenvalue weighted by Crippen LogP contribution is -1.85. The Balaban J connectivity index is 2.52. The van der Waals surface area contributed by atoms with Crippen LogP contribution in [0.2, 0.25) is 0 Å².